The van der Waals surface area contributed by atoms with Gasteiger partial charge in [0, 0.05) is 17.0 Å². The minimum absolute atomic E-state index is 0.178. The third-order valence-electron chi connectivity index (χ3n) is 4.87. The van der Waals surface area contributed by atoms with Crippen LogP contribution >= 0.6 is 0 Å². The Morgan fingerprint density at radius 1 is 0.833 bits per heavy atom. The molecule has 1 unspecified atom stereocenters. The molecular formula is C24H19NO5. The number of H-pyrrole nitrogens is 1. The quantitative estimate of drug-likeness (QED) is 0.456. The van der Waals surface area contributed by atoms with Crippen LogP contribution in [-0.4, -0.2) is 21.2 Å². The van der Waals surface area contributed by atoms with Crippen LogP contribution in [-0.2, 0) is 4.79 Å². The maximum atomic E-state index is 12.0. The van der Waals surface area contributed by atoms with Crippen LogP contribution < -0.4 is 10.3 Å². The number of rotatable bonds is 6. The molecule has 1 heterocycles. The highest BCUT2D eigenvalue weighted by molar-refractivity contribution is 5.91. The number of aromatic amines is 1. The molecular weight excluding hydrogens is 382 g/mol. The SMILES string of the molecule is O=C(O)C(O)c1ccc(OC(c2ccccc2)c2ccccc2)c2[nH]c(=O)ccc12. The van der Waals surface area contributed by atoms with Gasteiger partial charge in [-0.15, -0.1) is 0 Å². The second-order valence-electron chi connectivity index (χ2n) is 6.82. The number of hydrogen-bond acceptors (Lipinski definition) is 4. The van der Waals surface area contributed by atoms with Gasteiger partial charge in [0.2, 0.25) is 5.56 Å². The summed E-state index contributed by atoms with van der Waals surface area (Å²) in [6, 6.07) is 25.1. The Morgan fingerprint density at radius 2 is 1.43 bits per heavy atom. The van der Waals surface area contributed by atoms with E-state index in [1.165, 1.54) is 18.2 Å². The largest absolute Gasteiger partial charge is 0.479 e. The number of aromatic nitrogens is 1. The second-order valence-corrected chi connectivity index (χ2v) is 6.82. The summed E-state index contributed by atoms with van der Waals surface area (Å²) >= 11 is 0. The summed E-state index contributed by atoms with van der Waals surface area (Å²) in [5.74, 6) is -0.996. The van der Waals surface area contributed by atoms with Crippen LogP contribution in [0.2, 0.25) is 0 Å². The lowest BCUT2D eigenvalue weighted by molar-refractivity contribution is -0.146. The fourth-order valence-electron chi connectivity index (χ4n) is 3.43. The summed E-state index contributed by atoms with van der Waals surface area (Å²) in [4.78, 5) is 26.0. The summed E-state index contributed by atoms with van der Waals surface area (Å²) in [5.41, 5.74) is 1.99. The molecule has 4 aromatic rings. The topological polar surface area (TPSA) is 99.6 Å². The molecule has 1 aromatic heterocycles. The summed E-state index contributed by atoms with van der Waals surface area (Å²) in [6.45, 7) is 0. The molecule has 150 valence electrons. The molecule has 0 radical (unpaired) electrons. The molecule has 3 aromatic carbocycles. The van der Waals surface area contributed by atoms with Gasteiger partial charge in [0.1, 0.15) is 11.9 Å². The molecule has 0 saturated carbocycles. The van der Waals surface area contributed by atoms with Crippen molar-refractivity contribution >= 4 is 16.9 Å². The third-order valence-corrected chi connectivity index (χ3v) is 4.87. The summed E-state index contributed by atoms with van der Waals surface area (Å²) in [6.07, 6.45) is -2.17. The smallest absolute Gasteiger partial charge is 0.337 e. The number of pyridine rings is 1. The van der Waals surface area contributed by atoms with E-state index in [1.54, 1.807) is 6.07 Å². The number of ether oxygens (including phenoxy) is 1. The van der Waals surface area contributed by atoms with E-state index in [0.717, 1.165) is 11.1 Å². The molecule has 3 N–H and O–H groups in total. The van der Waals surface area contributed by atoms with Crippen molar-refractivity contribution in [3.05, 3.63) is 112 Å². The predicted octanol–water partition coefficient (Wildman–Crippen LogP) is 3.81. The highest BCUT2D eigenvalue weighted by Gasteiger charge is 2.22. The van der Waals surface area contributed by atoms with Crippen molar-refractivity contribution in [1.82, 2.24) is 4.98 Å². The highest BCUT2D eigenvalue weighted by Crippen LogP contribution is 2.34. The molecule has 6 heteroatoms. The van der Waals surface area contributed by atoms with Crippen molar-refractivity contribution < 1.29 is 19.7 Å². The van der Waals surface area contributed by atoms with Gasteiger partial charge in [-0.1, -0.05) is 66.7 Å². The van der Waals surface area contributed by atoms with Crippen molar-refractivity contribution in [2.45, 2.75) is 12.2 Å². The van der Waals surface area contributed by atoms with Gasteiger partial charge in [-0.3, -0.25) is 4.79 Å². The summed E-state index contributed by atoms with van der Waals surface area (Å²) < 4.78 is 6.35. The monoisotopic (exact) mass is 401 g/mol. The van der Waals surface area contributed by atoms with Crippen LogP contribution in [0.3, 0.4) is 0 Å². The van der Waals surface area contributed by atoms with Gasteiger partial charge >= 0.3 is 5.97 Å². The fraction of sp³-hybridized carbons (Fsp3) is 0.0833. The van der Waals surface area contributed by atoms with Crippen molar-refractivity contribution in [3.8, 4) is 5.75 Å². The minimum atomic E-state index is -1.72. The van der Waals surface area contributed by atoms with E-state index in [2.05, 4.69) is 4.98 Å². The average molecular weight is 401 g/mol. The molecule has 30 heavy (non-hydrogen) atoms. The van der Waals surface area contributed by atoms with Crippen LogP contribution in [0.25, 0.3) is 10.9 Å². The Kier molecular flexibility index (Phi) is 5.32. The van der Waals surface area contributed by atoms with Crippen molar-refractivity contribution in [2.75, 3.05) is 0 Å². The molecule has 0 aliphatic heterocycles. The third kappa shape index (κ3) is 3.81. The maximum Gasteiger partial charge on any atom is 0.337 e. The fourth-order valence-corrected chi connectivity index (χ4v) is 3.43. The van der Waals surface area contributed by atoms with Gasteiger partial charge in [0.15, 0.2) is 6.10 Å². The number of carboxylic acids is 1. The lowest BCUT2D eigenvalue weighted by atomic mass is 10.0. The molecule has 0 amide bonds. The first-order valence-corrected chi connectivity index (χ1v) is 9.38. The van der Waals surface area contributed by atoms with E-state index in [9.17, 15) is 19.8 Å². The number of fused-ring (bicyclic) bond motifs is 1. The zero-order valence-corrected chi connectivity index (χ0v) is 15.9. The average Bonchev–Trinajstić information content (AvgIpc) is 2.78. The van der Waals surface area contributed by atoms with Gasteiger partial charge in [-0.05, 0) is 23.3 Å². The maximum absolute atomic E-state index is 12.0. The molecule has 4 rings (SSSR count). The molecule has 0 saturated heterocycles. The Hall–Kier alpha value is -3.90. The first kappa shape index (κ1) is 19.4. The summed E-state index contributed by atoms with van der Waals surface area (Å²) in [7, 11) is 0. The predicted molar refractivity (Wildman–Crippen MR) is 113 cm³/mol. The molecule has 0 spiro atoms. The van der Waals surface area contributed by atoms with Crippen LogP contribution in [0.4, 0.5) is 0 Å². The lowest BCUT2D eigenvalue weighted by Crippen LogP contribution is -2.14. The van der Waals surface area contributed by atoms with Crippen molar-refractivity contribution in [3.63, 3.8) is 0 Å². The number of carboxylic acid groups (broad SMARTS) is 1. The zero-order valence-electron chi connectivity index (χ0n) is 15.9. The number of aliphatic carboxylic acids is 1. The van der Waals surface area contributed by atoms with Crippen LogP contribution in [0.15, 0.2) is 89.7 Å². The number of carbonyl (C=O) groups is 1. The number of benzene rings is 3. The van der Waals surface area contributed by atoms with E-state index in [-0.39, 0.29) is 11.1 Å². The van der Waals surface area contributed by atoms with Crippen LogP contribution in [0.5, 0.6) is 5.75 Å². The Bertz CT molecular complexity index is 1200. The minimum Gasteiger partial charge on any atom is -0.479 e. The highest BCUT2D eigenvalue weighted by atomic mass is 16.5. The van der Waals surface area contributed by atoms with E-state index in [0.29, 0.717) is 16.7 Å². The molecule has 0 aliphatic carbocycles. The number of aliphatic hydroxyl groups excluding tert-OH is 1. The first-order valence-electron chi connectivity index (χ1n) is 9.38. The number of aliphatic hydroxyl groups is 1. The number of nitrogens with one attached hydrogen (secondary N) is 1. The van der Waals surface area contributed by atoms with Gasteiger partial charge in [0.25, 0.3) is 0 Å². The van der Waals surface area contributed by atoms with E-state index in [1.807, 2.05) is 60.7 Å². The van der Waals surface area contributed by atoms with Crippen LogP contribution in [0, 0.1) is 0 Å². The van der Waals surface area contributed by atoms with Gasteiger partial charge < -0.3 is 19.9 Å². The zero-order chi connectivity index (χ0) is 21.1. The standard InChI is InChI=1S/C24H19NO5/c26-20-14-12-17-18(22(27)24(28)29)11-13-19(21(17)25-20)30-23(15-7-3-1-4-8-15)16-9-5-2-6-10-16/h1-14,22-23,27H,(H,25,26)(H,28,29). The lowest BCUT2D eigenvalue weighted by Gasteiger charge is -2.22. The first-order chi connectivity index (χ1) is 14.5. The van der Waals surface area contributed by atoms with E-state index in [4.69, 9.17) is 4.74 Å². The molecule has 1 atom stereocenters. The van der Waals surface area contributed by atoms with Gasteiger partial charge in [-0.2, -0.15) is 0 Å². The summed E-state index contributed by atoms with van der Waals surface area (Å²) in [5, 5.41) is 19.7. The number of hydrogen-bond donors (Lipinski definition) is 3. The molecule has 0 aliphatic rings. The van der Waals surface area contributed by atoms with E-state index >= 15 is 0 Å². The van der Waals surface area contributed by atoms with Crippen molar-refractivity contribution in [1.29, 1.82) is 0 Å². The molecule has 6 nitrogen and oxygen atoms in total. The van der Waals surface area contributed by atoms with Gasteiger partial charge in [0.05, 0.1) is 5.52 Å². The van der Waals surface area contributed by atoms with Crippen LogP contribution in [0.1, 0.15) is 28.9 Å². The molecule has 0 fully saturated rings. The van der Waals surface area contributed by atoms with Gasteiger partial charge in [-0.25, -0.2) is 4.79 Å². The Balaban J connectivity index is 1.86. The normalized spacial score (nSPS) is 12.1. The second kappa shape index (κ2) is 8.23. The molecule has 0 bridgehead atoms. The van der Waals surface area contributed by atoms with E-state index < -0.39 is 18.2 Å². The Morgan fingerprint density at radius 3 is 2.00 bits per heavy atom. The van der Waals surface area contributed by atoms with Crippen molar-refractivity contribution in [2.24, 2.45) is 0 Å². The Labute approximate surface area is 172 Å².